The first-order valence-corrected chi connectivity index (χ1v) is 9.93. The summed E-state index contributed by atoms with van der Waals surface area (Å²) in [5, 5.41) is 18.1. The molecule has 0 aliphatic rings. The summed E-state index contributed by atoms with van der Waals surface area (Å²) in [6.07, 6.45) is -0.468. The number of Topliss-reactive ketones (excluding diaryl/α,β-unsaturated/α-hetero) is 2. The average Bonchev–Trinajstić information content (AvgIpc) is 2.73. The maximum atomic E-state index is 13.2. The van der Waals surface area contributed by atoms with Crippen molar-refractivity contribution in [3.05, 3.63) is 70.8 Å². The second-order valence-electron chi connectivity index (χ2n) is 7.96. The van der Waals surface area contributed by atoms with E-state index in [1.807, 2.05) is 0 Å². The summed E-state index contributed by atoms with van der Waals surface area (Å²) < 4.78 is 0. The molecular weight excluding hydrogens is 414 g/mol. The molecule has 32 heavy (non-hydrogen) atoms. The molecule has 0 saturated carbocycles. The minimum Gasteiger partial charge on any atom is -0.480 e. The summed E-state index contributed by atoms with van der Waals surface area (Å²) in [7, 11) is 0. The number of nitrogens with two attached hydrogens (primary N) is 3. The normalized spacial score (nSPS) is 14.8. The standard InChI is InChI=1S/C23H27N3O6/c1-23(26,20(28)16-9-5-3-7-14(16)11-18(25)22(31)32)12-19(27)15-8-4-2-6-13(15)10-17(24)21(29)30/h2-9,17-18H,10-12,24-26H2,1H3,(H,29,30)(H,31,32). The van der Waals surface area contributed by atoms with Gasteiger partial charge in [-0.15, -0.1) is 0 Å². The molecule has 0 saturated heterocycles. The second-order valence-corrected chi connectivity index (χ2v) is 7.96. The SMILES string of the molecule is CC(N)(CC(=O)c1ccccc1CC(N)C(=O)O)C(=O)c1ccccc1CC(N)C(=O)O. The van der Waals surface area contributed by atoms with E-state index < -0.39 is 41.1 Å². The first kappa shape index (κ1) is 24.9. The number of hydrogen-bond donors (Lipinski definition) is 5. The number of rotatable bonds is 11. The van der Waals surface area contributed by atoms with E-state index in [2.05, 4.69) is 0 Å². The minimum atomic E-state index is -1.59. The molecule has 2 rings (SSSR count). The highest BCUT2D eigenvalue weighted by Gasteiger charge is 2.34. The van der Waals surface area contributed by atoms with Crippen molar-refractivity contribution in [3.8, 4) is 0 Å². The zero-order valence-electron chi connectivity index (χ0n) is 17.7. The molecule has 9 heteroatoms. The Balaban J connectivity index is 2.28. The molecule has 0 fully saturated rings. The summed E-state index contributed by atoms with van der Waals surface area (Å²) in [5.74, 6) is -3.36. The molecule has 2 aromatic rings. The molecule has 0 aliphatic heterocycles. The molecule has 2 aromatic carbocycles. The van der Waals surface area contributed by atoms with Crippen LogP contribution in [0.3, 0.4) is 0 Å². The van der Waals surface area contributed by atoms with Crippen molar-refractivity contribution in [2.75, 3.05) is 0 Å². The Bertz CT molecular complexity index is 1030. The van der Waals surface area contributed by atoms with Gasteiger partial charge in [-0.25, -0.2) is 0 Å². The first-order chi connectivity index (χ1) is 14.9. The maximum Gasteiger partial charge on any atom is 0.320 e. The number of aliphatic carboxylic acids is 2. The highest BCUT2D eigenvalue weighted by molar-refractivity contribution is 6.09. The topological polar surface area (TPSA) is 187 Å². The van der Waals surface area contributed by atoms with E-state index in [1.54, 1.807) is 36.4 Å². The van der Waals surface area contributed by atoms with E-state index in [4.69, 9.17) is 27.4 Å². The van der Waals surface area contributed by atoms with Crippen molar-refractivity contribution in [1.29, 1.82) is 0 Å². The summed E-state index contributed by atoms with van der Waals surface area (Å²) >= 11 is 0. The molecule has 0 radical (unpaired) electrons. The predicted octanol–water partition coefficient (Wildman–Crippen LogP) is 0.769. The maximum absolute atomic E-state index is 13.2. The third kappa shape index (κ3) is 6.07. The van der Waals surface area contributed by atoms with Crippen molar-refractivity contribution in [2.24, 2.45) is 17.2 Å². The van der Waals surface area contributed by atoms with Gasteiger partial charge in [0.2, 0.25) is 0 Å². The zero-order chi connectivity index (χ0) is 24.1. The minimum absolute atomic E-state index is 0.0532. The van der Waals surface area contributed by atoms with Gasteiger partial charge in [0, 0.05) is 17.5 Å². The number of carboxylic acid groups (broad SMARTS) is 2. The molecule has 170 valence electrons. The number of carbonyl (C=O) groups excluding carboxylic acids is 2. The summed E-state index contributed by atoms with van der Waals surface area (Å²) in [4.78, 5) is 48.4. The summed E-state index contributed by atoms with van der Waals surface area (Å²) in [5.41, 5.74) is 17.2. The lowest BCUT2D eigenvalue weighted by molar-refractivity contribution is -0.139. The Kier molecular flexibility index (Phi) is 7.98. The van der Waals surface area contributed by atoms with Gasteiger partial charge in [0.05, 0.1) is 5.54 Å². The highest BCUT2D eigenvalue weighted by atomic mass is 16.4. The van der Waals surface area contributed by atoms with Crippen LogP contribution in [0.2, 0.25) is 0 Å². The molecule has 0 aromatic heterocycles. The monoisotopic (exact) mass is 441 g/mol. The van der Waals surface area contributed by atoms with Gasteiger partial charge in [-0.05, 0) is 30.9 Å². The van der Waals surface area contributed by atoms with Gasteiger partial charge in [-0.1, -0.05) is 48.5 Å². The molecule has 3 unspecified atom stereocenters. The fraction of sp³-hybridized carbons (Fsp3) is 0.304. The Morgan fingerprint density at radius 2 is 1.22 bits per heavy atom. The number of hydrogen-bond acceptors (Lipinski definition) is 7. The van der Waals surface area contributed by atoms with E-state index >= 15 is 0 Å². The second kappa shape index (κ2) is 10.3. The molecule has 0 heterocycles. The van der Waals surface area contributed by atoms with E-state index in [0.29, 0.717) is 11.1 Å². The molecule has 3 atom stereocenters. The third-order valence-corrected chi connectivity index (χ3v) is 5.14. The number of carbonyl (C=O) groups is 4. The molecular formula is C23H27N3O6. The van der Waals surface area contributed by atoms with Crippen molar-refractivity contribution in [2.45, 2.75) is 43.8 Å². The fourth-order valence-corrected chi connectivity index (χ4v) is 3.36. The zero-order valence-corrected chi connectivity index (χ0v) is 17.7. The van der Waals surface area contributed by atoms with Gasteiger partial charge in [0.1, 0.15) is 12.1 Å². The fourth-order valence-electron chi connectivity index (χ4n) is 3.36. The Hall–Kier alpha value is -3.40. The first-order valence-electron chi connectivity index (χ1n) is 9.93. The van der Waals surface area contributed by atoms with Crippen molar-refractivity contribution >= 4 is 23.5 Å². The average molecular weight is 441 g/mol. The van der Waals surface area contributed by atoms with Crippen molar-refractivity contribution < 1.29 is 29.4 Å². The van der Waals surface area contributed by atoms with Gasteiger partial charge >= 0.3 is 11.9 Å². The molecule has 0 aliphatic carbocycles. The highest BCUT2D eigenvalue weighted by Crippen LogP contribution is 2.23. The van der Waals surface area contributed by atoms with Crippen LogP contribution in [0.1, 0.15) is 45.2 Å². The van der Waals surface area contributed by atoms with Gasteiger partial charge in [-0.2, -0.15) is 0 Å². The smallest absolute Gasteiger partial charge is 0.320 e. The lowest BCUT2D eigenvalue weighted by Gasteiger charge is -2.24. The third-order valence-electron chi connectivity index (χ3n) is 5.14. The van der Waals surface area contributed by atoms with Crippen LogP contribution in [-0.2, 0) is 22.4 Å². The van der Waals surface area contributed by atoms with Crippen LogP contribution < -0.4 is 17.2 Å². The van der Waals surface area contributed by atoms with Gasteiger partial charge in [0.25, 0.3) is 0 Å². The Labute approximate surface area is 185 Å². The van der Waals surface area contributed by atoms with Gasteiger partial charge < -0.3 is 27.4 Å². The number of carboxylic acids is 2. The van der Waals surface area contributed by atoms with Crippen LogP contribution in [0.15, 0.2) is 48.5 Å². The van der Waals surface area contributed by atoms with Crippen LogP contribution >= 0.6 is 0 Å². The van der Waals surface area contributed by atoms with E-state index in [1.165, 1.54) is 19.1 Å². The molecule has 0 bridgehead atoms. The van der Waals surface area contributed by atoms with Gasteiger partial charge in [-0.3, -0.25) is 19.2 Å². The van der Waals surface area contributed by atoms with E-state index in [9.17, 15) is 19.2 Å². The lowest BCUT2D eigenvalue weighted by Crippen LogP contribution is -2.47. The van der Waals surface area contributed by atoms with Crippen LogP contribution in [0, 0.1) is 0 Å². The quantitative estimate of drug-likeness (QED) is 0.314. The molecule has 0 amide bonds. The number of benzene rings is 2. The van der Waals surface area contributed by atoms with Gasteiger partial charge in [0.15, 0.2) is 11.6 Å². The van der Waals surface area contributed by atoms with Crippen LogP contribution in [0.4, 0.5) is 0 Å². The summed E-state index contributed by atoms with van der Waals surface area (Å²) in [6.45, 7) is 1.42. The van der Waals surface area contributed by atoms with Crippen molar-refractivity contribution in [1.82, 2.24) is 0 Å². The summed E-state index contributed by atoms with van der Waals surface area (Å²) in [6, 6.07) is 10.4. The van der Waals surface area contributed by atoms with Crippen molar-refractivity contribution in [3.63, 3.8) is 0 Å². The lowest BCUT2D eigenvalue weighted by atomic mass is 9.82. The molecule has 0 spiro atoms. The molecule has 8 N–H and O–H groups in total. The van der Waals surface area contributed by atoms with E-state index in [0.717, 1.165) is 0 Å². The van der Waals surface area contributed by atoms with Crippen LogP contribution in [0.25, 0.3) is 0 Å². The Morgan fingerprint density at radius 1 is 0.812 bits per heavy atom. The largest absolute Gasteiger partial charge is 0.480 e. The molecule has 9 nitrogen and oxygen atoms in total. The predicted molar refractivity (Wildman–Crippen MR) is 117 cm³/mol. The van der Waals surface area contributed by atoms with Crippen LogP contribution in [-0.4, -0.2) is 51.3 Å². The van der Waals surface area contributed by atoms with Crippen LogP contribution in [0.5, 0.6) is 0 Å². The van der Waals surface area contributed by atoms with E-state index in [-0.39, 0.29) is 30.4 Å². The number of ketones is 2. The Morgan fingerprint density at radius 3 is 1.69 bits per heavy atom.